The average Bonchev–Trinajstić information content (AvgIpc) is 2.37. The lowest BCUT2D eigenvalue weighted by molar-refractivity contribution is 0.686. The van der Waals surface area contributed by atoms with Gasteiger partial charge in [-0.3, -0.25) is 0 Å². The van der Waals surface area contributed by atoms with Crippen molar-refractivity contribution in [2.75, 3.05) is 18.0 Å². The van der Waals surface area contributed by atoms with Crippen LogP contribution in [0, 0.1) is 6.92 Å². The number of aromatic nitrogens is 1. The molecule has 0 bridgehead atoms. The second kappa shape index (κ2) is 7.37. The van der Waals surface area contributed by atoms with Gasteiger partial charge in [0.05, 0.1) is 0 Å². The molecular weight excluding hydrogens is 222 g/mol. The van der Waals surface area contributed by atoms with Crippen LogP contribution >= 0.6 is 0 Å². The first-order chi connectivity index (χ1) is 8.63. The molecule has 0 saturated heterocycles. The fourth-order valence-corrected chi connectivity index (χ4v) is 2.21. The number of anilines is 1. The molecule has 0 radical (unpaired) electrons. The van der Waals surface area contributed by atoms with Gasteiger partial charge in [-0.15, -0.1) is 0 Å². The van der Waals surface area contributed by atoms with Crippen LogP contribution < -0.4 is 10.6 Å². The SMILES string of the molecule is CCCN(CCC)c1cc(C)c(C(N)CC)cn1. The largest absolute Gasteiger partial charge is 0.357 e. The van der Waals surface area contributed by atoms with E-state index >= 15 is 0 Å². The summed E-state index contributed by atoms with van der Waals surface area (Å²) < 4.78 is 0. The Labute approximate surface area is 111 Å². The summed E-state index contributed by atoms with van der Waals surface area (Å²) in [6.45, 7) is 10.8. The number of rotatable bonds is 7. The molecule has 1 heterocycles. The fourth-order valence-electron chi connectivity index (χ4n) is 2.21. The minimum Gasteiger partial charge on any atom is -0.357 e. The summed E-state index contributed by atoms with van der Waals surface area (Å²) in [6, 6.07) is 2.29. The highest BCUT2D eigenvalue weighted by atomic mass is 15.2. The van der Waals surface area contributed by atoms with E-state index in [4.69, 9.17) is 5.73 Å². The van der Waals surface area contributed by atoms with E-state index in [0.717, 1.165) is 38.2 Å². The molecule has 0 amide bonds. The zero-order chi connectivity index (χ0) is 13.5. The number of hydrogen-bond acceptors (Lipinski definition) is 3. The second-order valence-electron chi connectivity index (χ2n) is 4.90. The average molecular weight is 249 g/mol. The van der Waals surface area contributed by atoms with E-state index in [1.165, 1.54) is 11.1 Å². The molecule has 102 valence electrons. The van der Waals surface area contributed by atoms with Gasteiger partial charge in [-0.05, 0) is 43.4 Å². The van der Waals surface area contributed by atoms with Crippen LogP contribution in [0.1, 0.15) is 57.2 Å². The third kappa shape index (κ3) is 3.70. The van der Waals surface area contributed by atoms with Gasteiger partial charge in [0.25, 0.3) is 0 Å². The molecule has 0 spiro atoms. The molecule has 0 aliphatic heterocycles. The highest BCUT2D eigenvalue weighted by Gasteiger charge is 2.11. The van der Waals surface area contributed by atoms with Crippen molar-refractivity contribution >= 4 is 5.82 Å². The highest BCUT2D eigenvalue weighted by molar-refractivity contribution is 5.44. The third-order valence-electron chi connectivity index (χ3n) is 3.29. The van der Waals surface area contributed by atoms with Gasteiger partial charge in [-0.2, -0.15) is 0 Å². The lowest BCUT2D eigenvalue weighted by Gasteiger charge is -2.24. The summed E-state index contributed by atoms with van der Waals surface area (Å²) in [5.74, 6) is 1.09. The molecule has 2 N–H and O–H groups in total. The van der Waals surface area contributed by atoms with Crippen LogP contribution in [-0.2, 0) is 0 Å². The highest BCUT2D eigenvalue weighted by Crippen LogP contribution is 2.21. The fraction of sp³-hybridized carbons (Fsp3) is 0.667. The maximum absolute atomic E-state index is 6.09. The van der Waals surface area contributed by atoms with Crippen molar-refractivity contribution in [3.8, 4) is 0 Å². The number of nitrogens with zero attached hydrogens (tertiary/aromatic N) is 2. The van der Waals surface area contributed by atoms with Gasteiger partial charge < -0.3 is 10.6 Å². The van der Waals surface area contributed by atoms with Crippen molar-refractivity contribution < 1.29 is 0 Å². The monoisotopic (exact) mass is 249 g/mol. The molecule has 1 aromatic rings. The van der Waals surface area contributed by atoms with Gasteiger partial charge in [0, 0.05) is 25.3 Å². The zero-order valence-electron chi connectivity index (χ0n) is 12.2. The molecular formula is C15H27N3. The van der Waals surface area contributed by atoms with E-state index < -0.39 is 0 Å². The molecule has 3 nitrogen and oxygen atoms in total. The van der Waals surface area contributed by atoms with E-state index in [0.29, 0.717) is 0 Å². The van der Waals surface area contributed by atoms with E-state index in [9.17, 15) is 0 Å². The van der Waals surface area contributed by atoms with Gasteiger partial charge in [-0.1, -0.05) is 20.8 Å². The molecule has 1 rings (SSSR count). The molecule has 1 atom stereocenters. The Bertz CT molecular complexity index is 357. The molecule has 3 heteroatoms. The summed E-state index contributed by atoms with van der Waals surface area (Å²) in [5, 5.41) is 0. The Morgan fingerprint density at radius 1 is 1.22 bits per heavy atom. The maximum Gasteiger partial charge on any atom is 0.128 e. The Kier molecular flexibility index (Phi) is 6.13. The van der Waals surface area contributed by atoms with Crippen LogP contribution in [0.3, 0.4) is 0 Å². The van der Waals surface area contributed by atoms with E-state index in [1.807, 2.05) is 6.20 Å². The van der Waals surface area contributed by atoms with Crippen molar-refractivity contribution in [3.63, 3.8) is 0 Å². The summed E-state index contributed by atoms with van der Waals surface area (Å²) in [7, 11) is 0. The first kappa shape index (κ1) is 15.0. The Morgan fingerprint density at radius 3 is 2.28 bits per heavy atom. The van der Waals surface area contributed by atoms with Crippen molar-refractivity contribution in [2.24, 2.45) is 5.73 Å². The summed E-state index contributed by atoms with van der Waals surface area (Å²) >= 11 is 0. The molecule has 0 saturated carbocycles. The van der Waals surface area contributed by atoms with Crippen molar-refractivity contribution in [1.29, 1.82) is 0 Å². The molecule has 1 aromatic heterocycles. The number of hydrogen-bond donors (Lipinski definition) is 1. The molecule has 1 unspecified atom stereocenters. The van der Waals surface area contributed by atoms with E-state index in [-0.39, 0.29) is 6.04 Å². The lowest BCUT2D eigenvalue weighted by Crippen LogP contribution is -2.26. The maximum atomic E-state index is 6.09. The predicted octanol–water partition coefficient (Wildman–Crippen LogP) is 3.43. The van der Waals surface area contributed by atoms with Gasteiger partial charge in [0.2, 0.25) is 0 Å². The van der Waals surface area contributed by atoms with Crippen molar-refractivity contribution in [2.45, 2.75) is 53.0 Å². The Morgan fingerprint density at radius 2 is 1.83 bits per heavy atom. The van der Waals surface area contributed by atoms with Crippen LogP contribution in [0.5, 0.6) is 0 Å². The van der Waals surface area contributed by atoms with Crippen LogP contribution in [0.2, 0.25) is 0 Å². The van der Waals surface area contributed by atoms with Gasteiger partial charge in [0.1, 0.15) is 5.82 Å². The number of nitrogens with two attached hydrogens (primary N) is 1. The minimum absolute atomic E-state index is 0.109. The molecule has 0 fully saturated rings. The van der Waals surface area contributed by atoms with Crippen LogP contribution in [0.15, 0.2) is 12.3 Å². The van der Waals surface area contributed by atoms with Gasteiger partial charge in [-0.25, -0.2) is 4.98 Å². The summed E-state index contributed by atoms with van der Waals surface area (Å²) in [6.07, 6.45) is 5.21. The second-order valence-corrected chi connectivity index (χ2v) is 4.90. The summed E-state index contributed by atoms with van der Waals surface area (Å²) in [4.78, 5) is 6.95. The van der Waals surface area contributed by atoms with Crippen molar-refractivity contribution in [1.82, 2.24) is 4.98 Å². The molecule has 0 aromatic carbocycles. The molecule has 0 aliphatic rings. The predicted molar refractivity (Wildman–Crippen MR) is 79.0 cm³/mol. The Balaban J connectivity index is 2.93. The first-order valence-electron chi connectivity index (χ1n) is 7.11. The number of pyridine rings is 1. The number of aryl methyl sites for hydroxylation is 1. The van der Waals surface area contributed by atoms with Crippen LogP contribution in [0.25, 0.3) is 0 Å². The van der Waals surface area contributed by atoms with Crippen molar-refractivity contribution in [3.05, 3.63) is 23.4 Å². The minimum atomic E-state index is 0.109. The van der Waals surface area contributed by atoms with E-state index in [2.05, 4.69) is 43.6 Å². The lowest BCUT2D eigenvalue weighted by atomic mass is 10.0. The Hall–Kier alpha value is -1.09. The molecule has 0 aliphatic carbocycles. The van der Waals surface area contributed by atoms with Gasteiger partial charge >= 0.3 is 0 Å². The van der Waals surface area contributed by atoms with Crippen LogP contribution in [-0.4, -0.2) is 18.1 Å². The first-order valence-corrected chi connectivity index (χ1v) is 7.11. The standard InChI is InChI=1S/C15H27N3/c1-5-8-18(9-6-2)15-10-12(4)13(11-17-15)14(16)7-3/h10-11,14H,5-9,16H2,1-4H3. The smallest absolute Gasteiger partial charge is 0.128 e. The molecule has 18 heavy (non-hydrogen) atoms. The zero-order valence-corrected chi connectivity index (χ0v) is 12.2. The normalized spacial score (nSPS) is 12.5. The van der Waals surface area contributed by atoms with E-state index in [1.54, 1.807) is 0 Å². The third-order valence-corrected chi connectivity index (χ3v) is 3.29. The topological polar surface area (TPSA) is 42.1 Å². The van der Waals surface area contributed by atoms with Gasteiger partial charge in [0.15, 0.2) is 0 Å². The summed E-state index contributed by atoms with van der Waals surface area (Å²) in [5.41, 5.74) is 8.52. The van der Waals surface area contributed by atoms with Crippen LogP contribution in [0.4, 0.5) is 5.82 Å². The quantitative estimate of drug-likeness (QED) is 0.805.